The van der Waals surface area contributed by atoms with Crippen LogP contribution < -0.4 is 10.1 Å². The molecule has 3 aromatic rings. The molecule has 134 valence electrons. The fraction of sp³-hybridized carbons (Fsp3) is 0.238. The monoisotopic (exact) mass is 352 g/mol. The Morgan fingerprint density at radius 1 is 1.12 bits per heavy atom. The van der Waals surface area contributed by atoms with Gasteiger partial charge in [0.2, 0.25) is 0 Å². The Morgan fingerprint density at radius 3 is 2.73 bits per heavy atom. The Kier molecular flexibility index (Phi) is 5.79. The second-order valence-electron chi connectivity index (χ2n) is 6.12. The van der Waals surface area contributed by atoms with Gasteiger partial charge in [-0.2, -0.15) is 0 Å². The molecule has 1 heterocycles. The van der Waals surface area contributed by atoms with Crippen LogP contribution >= 0.6 is 0 Å². The molecule has 0 aliphatic rings. The van der Waals surface area contributed by atoms with Gasteiger partial charge in [0.05, 0.1) is 17.7 Å². The van der Waals surface area contributed by atoms with Crippen molar-refractivity contribution in [2.24, 2.45) is 0 Å². The van der Waals surface area contributed by atoms with Gasteiger partial charge in [-0.3, -0.25) is 9.78 Å². The van der Waals surface area contributed by atoms with Crippen LogP contribution in [0.25, 0.3) is 10.9 Å². The van der Waals surface area contributed by atoms with E-state index in [-0.39, 0.29) is 11.7 Å². The Labute approximate surface area is 152 Å². The lowest BCUT2D eigenvalue weighted by Crippen LogP contribution is -2.25. The Bertz CT molecular complexity index is 894. The van der Waals surface area contributed by atoms with Crippen LogP contribution in [0.5, 0.6) is 5.75 Å². The fourth-order valence-corrected chi connectivity index (χ4v) is 2.67. The highest BCUT2D eigenvalue weighted by molar-refractivity contribution is 6.05. The summed E-state index contributed by atoms with van der Waals surface area (Å²) in [6, 6.07) is 14.0. The molecule has 0 atom stereocenters. The summed E-state index contributed by atoms with van der Waals surface area (Å²) in [5.74, 6) is 0.231. The first-order chi connectivity index (χ1) is 12.6. The maximum atomic E-state index is 13.8. The number of hydrogen-bond acceptors (Lipinski definition) is 3. The molecular formula is C21H21FN2O2. The summed E-state index contributed by atoms with van der Waals surface area (Å²) < 4.78 is 19.5. The molecule has 0 spiro atoms. The molecule has 1 amide bonds. The van der Waals surface area contributed by atoms with Gasteiger partial charge in [-0.25, -0.2) is 4.39 Å². The van der Waals surface area contributed by atoms with E-state index < -0.39 is 0 Å². The minimum atomic E-state index is -0.377. The van der Waals surface area contributed by atoms with Crippen LogP contribution in [0, 0.1) is 12.7 Å². The molecule has 0 fully saturated rings. The molecule has 4 nitrogen and oxygen atoms in total. The molecule has 0 radical (unpaired) electrons. The first kappa shape index (κ1) is 17.9. The van der Waals surface area contributed by atoms with E-state index in [4.69, 9.17) is 4.74 Å². The fourth-order valence-electron chi connectivity index (χ4n) is 2.67. The number of pyridine rings is 1. The van der Waals surface area contributed by atoms with Crippen LogP contribution in [0.4, 0.5) is 4.39 Å². The van der Waals surface area contributed by atoms with Crippen molar-refractivity contribution in [2.75, 3.05) is 13.2 Å². The van der Waals surface area contributed by atoms with Crippen molar-refractivity contribution in [1.29, 1.82) is 0 Å². The summed E-state index contributed by atoms with van der Waals surface area (Å²) in [7, 11) is 0. The molecule has 0 aliphatic heterocycles. The van der Waals surface area contributed by atoms with E-state index in [2.05, 4.69) is 10.3 Å². The molecule has 1 N–H and O–H groups in total. The van der Waals surface area contributed by atoms with Crippen LogP contribution in [0.1, 0.15) is 28.8 Å². The average molecular weight is 352 g/mol. The van der Waals surface area contributed by atoms with Gasteiger partial charge in [0.25, 0.3) is 5.91 Å². The van der Waals surface area contributed by atoms with E-state index in [1.165, 1.54) is 17.7 Å². The zero-order chi connectivity index (χ0) is 18.4. The van der Waals surface area contributed by atoms with Gasteiger partial charge in [0.15, 0.2) is 0 Å². The normalized spacial score (nSPS) is 10.7. The number of amides is 1. The second-order valence-corrected chi connectivity index (χ2v) is 6.12. The lowest BCUT2D eigenvalue weighted by molar-refractivity contribution is 0.0954. The molecule has 1 aromatic heterocycles. The number of carbonyl (C=O) groups is 1. The molecule has 5 heteroatoms. The van der Waals surface area contributed by atoms with Gasteiger partial charge in [-0.15, -0.1) is 0 Å². The van der Waals surface area contributed by atoms with Crippen LogP contribution in [0.3, 0.4) is 0 Å². The zero-order valence-corrected chi connectivity index (χ0v) is 14.7. The number of rotatable bonds is 7. The van der Waals surface area contributed by atoms with Gasteiger partial charge in [-0.1, -0.05) is 17.7 Å². The highest BCUT2D eigenvalue weighted by Crippen LogP contribution is 2.19. The third kappa shape index (κ3) is 4.36. The van der Waals surface area contributed by atoms with Crippen molar-refractivity contribution in [2.45, 2.75) is 19.8 Å². The number of unbranched alkanes of at least 4 members (excludes halogenated alkanes) is 1. The maximum Gasteiger partial charge on any atom is 0.253 e. The summed E-state index contributed by atoms with van der Waals surface area (Å²) >= 11 is 0. The third-order valence-corrected chi connectivity index (χ3v) is 4.11. The Balaban J connectivity index is 1.46. The van der Waals surface area contributed by atoms with Gasteiger partial charge in [0.1, 0.15) is 11.6 Å². The summed E-state index contributed by atoms with van der Waals surface area (Å²) in [4.78, 5) is 16.5. The number of nitrogens with one attached hydrogen (secondary N) is 1. The van der Waals surface area contributed by atoms with Crippen molar-refractivity contribution in [1.82, 2.24) is 10.3 Å². The summed E-state index contributed by atoms with van der Waals surface area (Å²) in [6.07, 6.45) is 3.18. The zero-order valence-electron chi connectivity index (χ0n) is 14.7. The predicted octanol–water partition coefficient (Wildman–Crippen LogP) is 4.27. The molecule has 26 heavy (non-hydrogen) atoms. The van der Waals surface area contributed by atoms with Gasteiger partial charge in [-0.05, 0) is 56.2 Å². The number of ether oxygens (including phenoxy) is 1. The van der Waals surface area contributed by atoms with Crippen LogP contribution in [-0.4, -0.2) is 24.0 Å². The van der Waals surface area contributed by atoms with Gasteiger partial charge in [0, 0.05) is 18.1 Å². The number of nitrogens with zero attached hydrogens (tertiary/aromatic N) is 1. The molecule has 0 bridgehead atoms. The highest BCUT2D eigenvalue weighted by atomic mass is 19.1. The van der Waals surface area contributed by atoms with Gasteiger partial charge < -0.3 is 10.1 Å². The minimum absolute atomic E-state index is 0.242. The van der Waals surface area contributed by atoms with Crippen molar-refractivity contribution < 1.29 is 13.9 Å². The average Bonchev–Trinajstić information content (AvgIpc) is 2.66. The Morgan fingerprint density at radius 2 is 1.92 bits per heavy atom. The SMILES string of the molecule is Cc1ccc(OCCCCNC(=O)c2ccc(F)c3cccnc23)cc1. The van der Waals surface area contributed by atoms with Crippen molar-refractivity contribution in [3.63, 3.8) is 0 Å². The summed E-state index contributed by atoms with van der Waals surface area (Å²) in [6.45, 7) is 3.16. The third-order valence-electron chi connectivity index (χ3n) is 4.11. The summed E-state index contributed by atoms with van der Waals surface area (Å²) in [5.41, 5.74) is 1.97. The van der Waals surface area contributed by atoms with Crippen molar-refractivity contribution >= 4 is 16.8 Å². The van der Waals surface area contributed by atoms with Gasteiger partial charge >= 0.3 is 0 Å². The molecule has 3 rings (SSSR count). The second kappa shape index (κ2) is 8.43. The van der Waals surface area contributed by atoms with E-state index in [1.54, 1.807) is 18.3 Å². The lowest BCUT2D eigenvalue weighted by Gasteiger charge is -2.09. The summed E-state index contributed by atoms with van der Waals surface area (Å²) in [5, 5.41) is 3.21. The van der Waals surface area contributed by atoms with E-state index in [0.717, 1.165) is 18.6 Å². The number of halogens is 1. The minimum Gasteiger partial charge on any atom is -0.494 e. The molecule has 0 saturated carbocycles. The van der Waals surface area contributed by atoms with E-state index in [9.17, 15) is 9.18 Å². The number of benzene rings is 2. The van der Waals surface area contributed by atoms with E-state index in [1.807, 2.05) is 31.2 Å². The number of carbonyl (C=O) groups excluding carboxylic acids is 1. The lowest BCUT2D eigenvalue weighted by atomic mass is 10.1. The maximum absolute atomic E-state index is 13.8. The number of fused-ring (bicyclic) bond motifs is 1. The Hall–Kier alpha value is -2.95. The molecule has 2 aromatic carbocycles. The highest BCUT2D eigenvalue weighted by Gasteiger charge is 2.12. The largest absolute Gasteiger partial charge is 0.494 e. The van der Waals surface area contributed by atoms with Crippen LogP contribution in [0.2, 0.25) is 0 Å². The number of hydrogen-bond donors (Lipinski definition) is 1. The van der Waals surface area contributed by atoms with Crippen LogP contribution in [-0.2, 0) is 0 Å². The van der Waals surface area contributed by atoms with E-state index >= 15 is 0 Å². The first-order valence-electron chi connectivity index (χ1n) is 8.66. The standard InChI is InChI=1S/C21H21FN2O2/c1-15-6-8-16(9-7-15)26-14-3-2-12-24-21(25)18-10-11-19(22)17-5-4-13-23-20(17)18/h4-11,13H,2-3,12,14H2,1H3,(H,24,25). The number of aryl methyl sites for hydroxylation is 1. The number of aromatic nitrogens is 1. The first-order valence-corrected chi connectivity index (χ1v) is 8.66. The molecule has 0 unspecified atom stereocenters. The smallest absolute Gasteiger partial charge is 0.253 e. The predicted molar refractivity (Wildman–Crippen MR) is 99.9 cm³/mol. The quantitative estimate of drug-likeness (QED) is 0.646. The van der Waals surface area contributed by atoms with E-state index in [0.29, 0.717) is 29.6 Å². The van der Waals surface area contributed by atoms with Crippen LogP contribution in [0.15, 0.2) is 54.7 Å². The molecule has 0 saturated heterocycles. The molecular weight excluding hydrogens is 331 g/mol. The van der Waals surface area contributed by atoms with Crippen molar-refractivity contribution in [3.05, 3.63) is 71.7 Å². The molecule has 0 aliphatic carbocycles. The van der Waals surface area contributed by atoms with Crippen molar-refractivity contribution in [3.8, 4) is 5.75 Å². The topological polar surface area (TPSA) is 51.2 Å².